The van der Waals surface area contributed by atoms with Crippen LogP contribution in [0, 0.1) is 17.0 Å². The first-order chi connectivity index (χ1) is 14.9. The standard InChI is InChI=1S/C23H21N3O5/c1-16-11-12-19(14-20(16)26(29)30)23(28)25-24-22(27)15-31-21-10-6-5-9-18(21)13-17-7-3-2-4-8-17/h2-12,14H,13,15H2,1H3,(H,24,27)(H,25,28). The monoisotopic (exact) mass is 419 g/mol. The topological polar surface area (TPSA) is 111 Å². The number of carbonyl (C=O) groups excluding carboxylic acids is 2. The van der Waals surface area contributed by atoms with E-state index in [1.165, 1.54) is 12.1 Å². The molecule has 0 aromatic heterocycles. The molecule has 0 bridgehead atoms. The normalized spacial score (nSPS) is 10.2. The van der Waals surface area contributed by atoms with Crippen molar-refractivity contribution in [2.75, 3.05) is 6.61 Å². The van der Waals surface area contributed by atoms with Crippen molar-refractivity contribution in [2.24, 2.45) is 0 Å². The molecular formula is C23H21N3O5. The largest absolute Gasteiger partial charge is 0.483 e. The Morgan fingerprint density at radius 1 is 0.968 bits per heavy atom. The molecule has 0 radical (unpaired) electrons. The smallest absolute Gasteiger partial charge is 0.276 e. The molecule has 158 valence electrons. The van der Waals surface area contributed by atoms with Crippen LogP contribution in [-0.4, -0.2) is 23.3 Å². The predicted molar refractivity (Wildman–Crippen MR) is 115 cm³/mol. The van der Waals surface area contributed by atoms with E-state index in [4.69, 9.17) is 4.74 Å². The predicted octanol–water partition coefficient (Wildman–Crippen LogP) is 3.33. The third-order valence-corrected chi connectivity index (χ3v) is 4.55. The third kappa shape index (κ3) is 5.89. The highest BCUT2D eigenvalue weighted by molar-refractivity contribution is 5.96. The minimum absolute atomic E-state index is 0.0618. The molecule has 3 rings (SSSR count). The first-order valence-corrected chi connectivity index (χ1v) is 9.53. The molecule has 8 nitrogen and oxygen atoms in total. The van der Waals surface area contributed by atoms with Crippen molar-refractivity contribution in [1.82, 2.24) is 10.9 Å². The third-order valence-electron chi connectivity index (χ3n) is 4.55. The molecule has 0 heterocycles. The Bertz CT molecular complexity index is 1100. The molecule has 0 fully saturated rings. The maximum atomic E-state index is 12.2. The second-order valence-electron chi connectivity index (χ2n) is 6.82. The number of nitrogens with zero attached hydrogens (tertiary/aromatic N) is 1. The highest BCUT2D eigenvalue weighted by Crippen LogP contribution is 2.21. The number of carbonyl (C=O) groups is 2. The lowest BCUT2D eigenvalue weighted by molar-refractivity contribution is -0.385. The van der Waals surface area contributed by atoms with Crippen LogP contribution in [0.25, 0.3) is 0 Å². The lowest BCUT2D eigenvalue weighted by Crippen LogP contribution is -2.43. The molecule has 0 atom stereocenters. The molecule has 0 aliphatic rings. The van der Waals surface area contributed by atoms with Crippen LogP contribution >= 0.6 is 0 Å². The lowest BCUT2D eigenvalue weighted by Gasteiger charge is -2.12. The summed E-state index contributed by atoms with van der Waals surface area (Å²) >= 11 is 0. The highest BCUT2D eigenvalue weighted by Gasteiger charge is 2.15. The maximum Gasteiger partial charge on any atom is 0.276 e. The zero-order valence-electron chi connectivity index (χ0n) is 16.8. The van der Waals surface area contributed by atoms with E-state index < -0.39 is 16.7 Å². The summed E-state index contributed by atoms with van der Waals surface area (Å²) in [5.74, 6) is -0.660. The van der Waals surface area contributed by atoms with Gasteiger partial charge in [0.25, 0.3) is 17.5 Å². The fourth-order valence-corrected chi connectivity index (χ4v) is 2.93. The molecule has 0 saturated heterocycles. The Morgan fingerprint density at radius 3 is 2.42 bits per heavy atom. The second-order valence-corrected chi connectivity index (χ2v) is 6.82. The SMILES string of the molecule is Cc1ccc(C(=O)NNC(=O)COc2ccccc2Cc2ccccc2)cc1[N+](=O)[O-]. The Hall–Kier alpha value is -4.20. The van der Waals surface area contributed by atoms with E-state index in [0.29, 0.717) is 17.7 Å². The second kappa shape index (κ2) is 10.0. The van der Waals surface area contributed by atoms with Crippen LogP contribution in [0.3, 0.4) is 0 Å². The average molecular weight is 419 g/mol. The van der Waals surface area contributed by atoms with Gasteiger partial charge in [-0.05, 0) is 30.2 Å². The fraction of sp³-hybridized carbons (Fsp3) is 0.130. The molecule has 3 aromatic rings. The number of hydrazine groups is 1. The summed E-state index contributed by atoms with van der Waals surface area (Å²) in [6.45, 7) is 1.27. The van der Waals surface area contributed by atoms with Gasteiger partial charge in [0.1, 0.15) is 5.75 Å². The molecule has 0 unspecified atom stereocenters. The van der Waals surface area contributed by atoms with Crippen molar-refractivity contribution in [1.29, 1.82) is 0 Å². The van der Waals surface area contributed by atoms with E-state index in [9.17, 15) is 19.7 Å². The van der Waals surface area contributed by atoms with E-state index in [1.54, 1.807) is 13.0 Å². The van der Waals surface area contributed by atoms with Crippen LogP contribution in [0.5, 0.6) is 5.75 Å². The average Bonchev–Trinajstić information content (AvgIpc) is 2.77. The van der Waals surface area contributed by atoms with Gasteiger partial charge in [-0.2, -0.15) is 0 Å². The summed E-state index contributed by atoms with van der Waals surface area (Å²) in [6.07, 6.45) is 0.654. The van der Waals surface area contributed by atoms with E-state index in [0.717, 1.165) is 17.2 Å². The van der Waals surface area contributed by atoms with Crippen molar-refractivity contribution in [2.45, 2.75) is 13.3 Å². The van der Waals surface area contributed by atoms with Crippen LogP contribution < -0.4 is 15.6 Å². The van der Waals surface area contributed by atoms with Crippen molar-refractivity contribution < 1.29 is 19.2 Å². The molecule has 31 heavy (non-hydrogen) atoms. The number of benzene rings is 3. The number of nitro groups is 1. The number of hydrogen-bond donors (Lipinski definition) is 2. The van der Waals surface area contributed by atoms with Gasteiger partial charge in [-0.3, -0.25) is 30.6 Å². The molecule has 0 aliphatic heterocycles. The minimum atomic E-state index is -0.666. The van der Waals surface area contributed by atoms with Crippen LogP contribution in [0.2, 0.25) is 0 Å². The summed E-state index contributed by atoms with van der Waals surface area (Å²) in [5.41, 5.74) is 6.86. The quantitative estimate of drug-likeness (QED) is 0.451. The van der Waals surface area contributed by atoms with Crippen LogP contribution in [0.4, 0.5) is 5.69 Å². The van der Waals surface area contributed by atoms with Crippen molar-refractivity contribution in [3.63, 3.8) is 0 Å². The molecule has 2 N–H and O–H groups in total. The van der Waals surface area contributed by atoms with Gasteiger partial charge < -0.3 is 4.74 Å². The number of hydrogen-bond acceptors (Lipinski definition) is 5. The maximum absolute atomic E-state index is 12.2. The van der Waals surface area contributed by atoms with Gasteiger partial charge in [-0.15, -0.1) is 0 Å². The Kier molecular flexibility index (Phi) is 6.95. The van der Waals surface area contributed by atoms with Gasteiger partial charge in [0.15, 0.2) is 6.61 Å². The first kappa shape index (κ1) is 21.5. The molecular weight excluding hydrogens is 398 g/mol. The summed E-state index contributed by atoms with van der Waals surface area (Å²) < 4.78 is 5.62. The molecule has 3 aromatic carbocycles. The first-order valence-electron chi connectivity index (χ1n) is 9.53. The number of aryl methyl sites for hydroxylation is 1. The van der Waals surface area contributed by atoms with Gasteiger partial charge >= 0.3 is 0 Å². The van der Waals surface area contributed by atoms with E-state index in [1.807, 2.05) is 48.5 Å². The summed E-state index contributed by atoms with van der Waals surface area (Å²) in [7, 11) is 0. The molecule has 8 heteroatoms. The van der Waals surface area contributed by atoms with Gasteiger partial charge in [-0.1, -0.05) is 54.6 Å². The van der Waals surface area contributed by atoms with Crippen molar-refractivity contribution >= 4 is 17.5 Å². The Labute approximate surface area is 179 Å². The van der Waals surface area contributed by atoms with E-state index in [2.05, 4.69) is 10.9 Å². The number of nitrogens with one attached hydrogen (secondary N) is 2. The molecule has 0 saturated carbocycles. The van der Waals surface area contributed by atoms with Gasteiger partial charge in [0.05, 0.1) is 4.92 Å². The van der Waals surface area contributed by atoms with Crippen LogP contribution in [0.1, 0.15) is 27.0 Å². The molecule has 0 spiro atoms. The highest BCUT2D eigenvalue weighted by atomic mass is 16.6. The summed E-state index contributed by atoms with van der Waals surface area (Å²) in [6, 6.07) is 21.4. The lowest BCUT2D eigenvalue weighted by atomic mass is 10.0. The van der Waals surface area contributed by atoms with E-state index in [-0.39, 0.29) is 17.9 Å². The number of para-hydroxylation sites is 1. The van der Waals surface area contributed by atoms with E-state index >= 15 is 0 Å². The van der Waals surface area contributed by atoms with Gasteiger partial charge in [-0.25, -0.2) is 0 Å². The Balaban J connectivity index is 1.55. The van der Waals surface area contributed by atoms with Crippen LogP contribution in [-0.2, 0) is 11.2 Å². The van der Waals surface area contributed by atoms with Crippen molar-refractivity contribution in [3.05, 3.63) is 105 Å². The Morgan fingerprint density at radius 2 is 1.68 bits per heavy atom. The zero-order valence-corrected chi connectivity index (χ0v) is 16.8. The molecule has 2 amide bonds. The number of nitro benzene ring substituents is 1. The van der Waals surface area contributed by atoms with Crippen LogP contribution in [0.15, 0.2) is 72.8 Å². The summed E-state index contributed by atoms with van der Waals surface area (Å²) in [4.78, 5) is 34.7. The fourth-order valence-electron chi connectivity index (χ4n) is 2.93. The van der Waals surface area contributed by atoms with Crippen molar-refractivity contribution in [3.8, 4) is 5.75 Å². The van der Waals surface area contributed by atoms with Gasteiger partial charge in [0.2, 0.25) is 0 Å². The zero-order chi connectivity index (χ0) is 22.2. The number of amides is 2. The minimum Gasteiger partial charge on any atom is -0.483 e. The number of rotatable bonds is 7. The summed E-state index contributed by atoms with van der Waals surface area (Å²) in [5, 5.41) is 11.0. The number of ether oxygens (including phenoxy) is 1. The molecule has 0 aliphatic carbocycles. The van der Waals surface area contributed by atoms with Gasteiger partial charge in [0, 0.05) is 23.6 Å².